The molecule has 2 unspecified atom stereocenters. The zero-order chi connectivity index (χ0) is 11.9. The van der Waals surface area contributed by atoms with Crippen LogP contribution in [0.25, 0.3) is 0 Å². The van der Waals surface area contributed by atoms with E-state index < -0.39 is 6.49 Å². The molecule has 4 heteroatoms. The van der Waals surface area contributed by atoms with Gasteiger partial charge in [-0.3, -0.25) is 0 Å². The minimum atomic E-state index is -2.15. The molecule has 0 radical (unpaired) electrons. The van der Waals surface area contributed by atoms with Crippen LogP contribution in [0.3, 0.4) is 0 Å². The Bertz CT molecular complexity index is 215. The average molecular weight is 250 g/mol. The summed E-state index contributed by atoms with van der Waals surface area (Å²) in [5.41, 5.74) is 0. The molecule has 0 N–H and O–H groups in total. The number of rotatable bonds is 8. The van der Waals surface area contributed by atoms with Crippen molar-refractivity contribution in [1.82, 2.24) is 0 Å². The second-order valence-electron chi connectivity index (χ2n) is 3.73. The van der Waals surface area contributed by atoms with E-state index in [0.29, 0.717) is 6.16 Å². The molecule has 0 aliphatic heterocycles. The average Bonchev–Trinajstić information content (AvgIpc) is 2.17. The second-order valence-corrected chi connectivity index (χ2v) is 7.41. The van der Waals surface area contributed by atoms with E-state index in [2.05, 4.69) is 20.4 Å². The Hall–Kier alpha value is 0.310. The fourth-order valence-corrected chi connectivity index (χ4v) is 4.10. The third-order valence-electron chi connectivity index (χ3n) is 2.18. The lowest BCUT2D eigenvalue weighted by Crippen LogP contribution is -2.12. The standard InChI is InChI=1S/C11H23O2PS/c1-6-9-14(15,12-10(4)7-2)13-11(5)8-3/h6,10-11H,1,7-9H2,2-5H3. The highest BCUT2D eigenvalue weighted by Gasteiger charge is 2.22. The first-order chi connectivity index (χ1) is 6.97. The molecule has 0 saturated carbocycles. The minimum absolute atomic E-state index is 0.167. The molecule has 0 spiro atoms. The predicted molar refractivity (Wildman–Crippen MR) is 71.0 cm³/mol. The molecule has 15 heavy (non-hydrogen) atoms. The number of hydrogen-bond acceptors (Lipinski definition) is 3. The molecule has 0 rings (SSSR count). The molecule has 0 amide bonds. The van der Waals surface area contributed by atoms with E-state index in [4.69, 9.17) is 20.9 Å². The summed E-state index contributed by atoms with van der Waals surface area (Å²) in [5.74, 6) is 0. The monoisotopic (exact) mass is 250 g/mol. The van der Waals surface area contributed by atoms with Crippen molar-refractivity contribution in [2.45, 2.75) is 52.7 Å². The van der Waals surface area contributed by atoms with Crippen molar-refractivity contribution in [3.8, 4) is 0 Å². The molecule has 0 aliphatic carbocycles. The molecule has 0 aromatic carbocycles. The van der Waals surface area contributed by atoms with Crippen molar-refractivity contribution in [2.24, 2.45) is 0 Å². The van der Waals surface area contributed by atoms with Crippen LogP contribution in [-0.2, 0) is 20.9 Å². The van der Waals surface area contributed by atoms with Crippen LogP contribution in [0.5, 0.6) is 0 Å². The number of hydrogen-bond donors (Lipinski definition) is 0. The van der Waals surface area contributed by atoms with Crippen LogP contribution < -0.4 is 0 Å². The van der Waals surface area contributed by atoms with Crippen LogP contribution in [-0.4, -0.2) is 18.4 Å². The molecule has 0 aromatic rings. The van der Waals surface area contributed by atoms with Gasteiger partial charge >= 0.3 is 0 Å². The molecule has 0 bridgehead atoms. The Morgan fingerprint density at radius 2 is 1.60 bits per heavy atom. The quantitative estimate of drug-likeness (QED) is 0.477. The molecule has 0 aromatic heterocycles. The fourth-order valence-electron chi connectivity index (χ4n) is 0.966. The molecule has 0 fully saturated rings. The topological polar surface area (TPSA) is 18.5 Å². The fraction of sp³-hybridized carbons (Fsp3) is 0.818. The summed E-state index contributed by atoms with van der Waals surface area (Å²) in [5, 5.41) is 0. The SMILES string of the molecule is C=CCP(=S)(OC(C)CC)OC(C)CC. The van der Waals surface area contributed by atoms with Crippen LogP contribution in [0.2, 0.25) is 0 Å². The van der Waals surface area contributed by atoms with E-state index >= 15 is 0 Å². The Kier molecular flexibility index (Phi) is 7.72. The summed E-state index contributed by atoms with van der Waals surface area (Å²) in [6, 6.07) is 0. The van der Waals surface area contributed by atoms with Gasteiger partial charge in [0.05, 0.1) is 12.2 Å². The highest BCUT2D eigenvalue weighted by molar-refractivity contribution is 8.10. The van der Waals surface area contributed by atoms with Crippen molar-refractivity contribution in [2.75, 3.05) is 6.16 Å². The van der Waals surface area contributed by atoms with Gasteiger partial charge in [0.25, 0.3) is 0 Å². The molecule has 2 atom stereocenters. The predicted octanol–water partition coefficient (Wildman–Crippen LogP) is 4.11. The van der Waals surface area contributed by atoms with Crippen molar-refractivity contribution < 1.29 is 9.05 Å². The van der Waals surface area contributed by atoms with E-state index in [-0.39, 0.29) is 12.2 Å². The van der Waals surface area contributed by atoms with Crippen molar-refractivity contribution in [3.63, 3.8) is 0 Å². The summed E-state index contributed by atoms with van der Waals surface area (Å²) in [6.45, 7) is 9.80. The van der Waals surface area contributed by atoms with Crippen LogP contribution in [0.1, 0.15) is 40.5 Å². The highest BCUT2D eigenvalue weighted by Crippen LogP contribution is 2.51. The van der Waals surface area contributed by atoms with Gasteiger partial charge in [-0.1, -0.05) is 19.9 Å². The third kappa shape index (κ3) is 6.47. The van der Waals surface area contributed by atoms with E-state index in [1.54, 1.807) is 6.08 Å². The van der Waals surface area contributed by atoms with E-state index in [9.17, 15) is 0 Å². The summed E-state index contributed by atoms with van der Waals surface area (Å²) < 4.78 is 11.7. The largest absolute Gasteiger partial charge is 0.326 e. The van der Waals surface area contributed by atoms with Crippen molar-refractivity contribution in [1.29, 1.82) is 0 Å². The first kappa shape index (κ1) is 15.3. The lowest BCUT2D eigenvalue weighted by Gasteiger charge is -2.27. The lowest BCUT2D eigenvalue weighted by molar-refractivity contribution is 0.154. The van der Waals surface area contributed by atoms with Crippen molar-refractivity contribution in [3.05, 3.63) is 12.7 Å². The maximum atomic E-state index is 5.83. The van der Waals surface area contributed by atoms with Gasteiger partial charge in [0.2, 0.25) is 0 Å². The van der Waals surface area contributed by atoms with Crippen LogP contribution in [0, 0.1) is 0 Å². The molecule has 0 heterocycles. The smallest absolute Gasteiger partial charge is 0.192 e. The Balaban J connectivity index is 4.44. The summed E-state index contributed by atoms with van der Waals surface area (Å²) in [6.07, 6.45) is 4.70. The van der Waals surface area contributed by atoms with Crippen LogP contribution >= 0.6 is 6.49 Å². The van der Waals surface area contributed by atoms with E-state index in [0.717, 1.165) is 12.8 Å². The minimum Gasteiger partial charge on any atom is -0.326 e. The molecule has 0 saturated heterocycles. The molecule has 0 aliphatic rings. The summed E-state index contributed by atoms with van der Waals surface area (Å²) in [7, 11) is 0. The Morgan fingerprint density at radius 1 is 1.20 bits per heavy atom. The zero-order valence-electron chi connectivity index (χ0n) is 10.2. The second kappa shape index (κ2) is 7.56. The van der Waals surface area contributed by atoms with Gasteiger partial charge in [-0.05, 0) is 38.5 Å². The molecular formula is C11H23O2PS. The van der Waals surface area contributed by atoms with Gasteiger partial charge in [0.1, 0.15) is 0 Å². The van der Waals surface area contributed by atoms with E-state index in [1.165, 1.54) is 0 Å². The third-order valence-corrected chi connectivity index (χ3v) is 5.21. The van der Waals surface area contributed by atoms with E-state index in [1.807, 2.05) is 13.8 Å². The molecule has 90 valence electrons. The Morgan fingerprint density at radius 3 is 1.87 bits per heavy atom. The molecule has 2 nitrogen and oxygen atoms in total. The van der Waals surface area contributed by atoms with Gasteiger partial charge in [-0.15, -0.1) is 6.58 Å². The van der Waals surface area contributed by atoms with Gasteiger partial charge in [-0.2, -0.15) is 0 Å². The van der Waals surface area contributed by atoms with Gasteiger partial charge in [0.15, 0.2) is 6.49 Å². The maximum Gasteiger partial charge on any atom is 0.192 e. The van der Waals surface area contributed by atoms with Crippen LogP contribution in [0.15, 0.2) is 12.7 Å². The van der Waals surface area contributed by atoms with Gasteiger partial charge in [-0.25, -0.2) is 0 Å². The maximum absolute atomic E-state index is 5.83. The molecular weight excluding hydrogens is 227 g/mol. The zero-order valence-corrected chi connectivity index (χ0v) is 11.9. The first-order valence-electron chi connectivity index (χ1n) is 5.54. The highest BCUT2D eigenvalue weighted by atomic mass is 32.5. The van der Waals surface area contributed by atoms with Crippen molar-refractivity contribution >= 4 is 18.3 Å². The summed E-state index contributed by atoms with van der Waals surface area (Å²) in [4.78, 5) is 0. The van der Waals surface area contributed by atoms with Crippen LogP contribution in [0.4, 0.5) is 0 Å². The summed E-state index contributed by atoms with van der Waals surface area (Å²) >= 11 is 5.48. The van der Waals surface area contributed by atoms with Gasteiger partial charge < -0.3 is 9.05 Å². The number of allylic oxidation sites excluding steroid dienone is 1. The normalized spacial score (nSPS) is 19.2. The first-order valence-corrected chi connectivity index (χ1v) is 8.36. The lowest BCUT2D eigenvalue weighted by atomic mass is 10.3. The Labute approximate surface area is 99.2 Å². The van der Waals surface area contributed by atoms with Gasteiger partial charge in [0, 0.05) is 6.16 Å².